The smallest absolute Gasteiger partial charge is 0.322 e. The number of nitrogens with one attached hydrogen (secondary N) is 2. The molecule has 0 bridgehead atoms. The molecule has 1 atom stereocenters. The lowest BCUT2D eigenvalue weighted by Gasteiger charge is -2.23. The number of hydrogen-bond acceptors (Lipinski definition) is 3. The van der Waals surface area contributed by atoms with Crippen molar-refractivity contribution in [2.24, 2.45) is 5.73 Å². The average Bonchev–Trinajstić information content (AvgIpc) is 2.08. The maximum Gasteiger partial charge on any atom is 0.322 e. The van der Waals surface area contributed by atoms with E-state index in [9.17, 15) is 9.59 Å². The molecule has 0 aromatic rings. The Balaban J connectivity index is 0.00000121. The third-order valence-electron chi connectivity index (χ3n) is 1.52. The lowest BCUT2D eigenvalue weighted by Crippen LogP contribution is -2.54. The first-order chi connectivity index (χ1) is 4.91. The molecule has 0 saturated carbocycles. The maximum absolute atomic E-state index is 11.0. The van der Waals surface area contributed by atoms with E-state index in [2.05, 4.69) is 10.6 Å². The molecule has 0 aromatic carbocycles. The molecule has 6 heteroatoms. The summed E-state index contributed by atoms with van der Waals surface area (Å²) in [5.41, 5.74) is 4.91. The van der Waals surface area contributed by atoms with Gasteiger partial charge in [0.2, 0.25) is 0 Å². The van der Waals surface area contributed by atoms with Gasteiger partial charge in [-0.05, 0) is 13.8 Å². The minimum atomic E-state index is -0.712. The van der Waals surface area contributed by atoms with Crippen LogP contribution in [-0.2, 0) is 4.79 Å². The topological polar surface area (TPSA) is 84.2 Å². The second-order valence-corrected chi connectivity index (χ2v) is 3.22. The van der Waals surface area contributed by atoms with E-state index in [0.29, 0.717) is 0 Å². The SMILES string of the molecule is CC(C)(N)C1NC(=O)NC1=O.Cl. The predicted molar refractivity (Wildman–Crippen MR) is 46.0 cm³/mol. The van der Waals surface area contributed by atoms with Gasteiger partial charge in [-0.15, -0.1) is 12.4 Å². The van der Waals surface area contributed by atoms with Gasteiger partial charge in [0.05, 0.1) is 0 Å². The van der Waals surface area contributed by atoms with Gasteiger partial charge in [0.15, 0.2) is 0 Å². The Kier molecular flexibility index (Phi) is 3.06. The van der Waals surface area contributed by atoms with E-state index in [1.165, 1.54) is 0 Å². The number of imide groups is 1. The third kappa shape index (κ3) is 2.09. The fourth-order valence-corrected chi connectivity index (χ4v) is 0.941. The summed E-state index contributed by atoms with van der Waals surface area (Å²) >= 11 is 0. The number of carbonyl (C=O) groups excluding carboxylic acids is 2. The van der Waals surface area contributed by atoms with Crippen LogP contribution in [0, 0.1) is 0 Å². The van der Waals surface area contributed by atoms with Crippen LogP contribution in [0.5, 0.6) is 0 Å². The molecule has 1 rings (SSSR count). The summed E-state index contributed by atoms with van der Waals surface area (Å²) in [5, 5.41) is 4.52. The molecule has 1 heterocycles. The maximum atomic E-state index is 11.0. The van der Waals surface area contributed by atoms with Gasteiger partial charge in [0, 0.05) is 5.54 Å². The number of halogens is 1. The molecule has 3 amide bonds. The monoisotopic (exact) mass is 193 g/mol. The fraction of sp³-hybridized carbons (Fsp3) is 0.667. The van der Waals surface area contributed by atoms with E-state index < -0.39 is 17.6 Å². The van der Waals surface area contributed by atoms with Crippen molar-refractivity contribution < 1.29 is 9.59 Å². The highest BCUT2D eigenvalue weighted by atomic mass is 35.5. The second-order valence-electron chi connectivity index (χ2n) is 3.22. The number of nitrogens with two attached hydrogens (primary N) is 1. The molecule has 70 valence electrons. The number of hydrogen-bond donors (Lipinski definition) is 3. The lowest BCUT2D eigenvalue weighted by atomic mass is 9.96. The zero-order valence-electron chi connectivity index (χ0n) is 6.88. The summed E-state index contributed by atoms with van der Waals surface area (Å²) in [4.78, 5) is 21.6. The minimum Gasteiger partial charge on any atom is -0.324 e. The summed E-state index contributed by atoms with van der Waals surface area (Å²) in [5.74, 6) is -0.359. The molecule has 1 fully saturated rings. The van der Waals surface area contributed by atoms with Crippen molar-refractivity contribution in [1.82, 2.24) is 10.6 Å². The number of rotatable bonds is 1. The molecule has 0 spiro atoms. The molecule has 5 nitrogen and oxygen atoms in total. The van der Waals surface area contributed by atoms with Gasteiger partial charge in [-0.25, -0.2) is 4.79 Å². The largest absolute Gasteiger partial charge is 0.324 e. The highest BCUT2D eigenvalue weighted by Crippen LogP contribution is 2.08. The third-order valence-corrected chi connectivity index (χ3v) is 1.52. The van der Waals surface area contributed by atoms with Gasteiger partial charge in [0.1, 0.15) is 6.04 Å². The zero-order valence-corrected chi connectivity index (χ0v) is 7.70. The Morgan fingerprint density at radius 2 is 1.92 bits per heavy atom. The Bertz CT molecular complexity index is 211. The molecule has 0 radical (unpaired) electrons. The van der Waals surface area contributed by atoms with E-state index >= 15 is 0 Å². The number of carbonyl (C=O) groups is 2. The van der Waals surface area contributed by atoms with Gasteiger partial charge < -0.3 is 11.1 Å². The second kappa shape index (κ2) is 3.28. The van der Waals surface area contributed by atoms with Crippen molar-refractivity contribution in [3.05, 3.63) is 0 Å². The van der Waals surface area contributed by atoms with Crippen LogP contribution in [0.2, 0.25) is 0 Å². The summed E-state index contributed by atoms with van der Waals surface area (Å²) < 4.78 is 0. The van der Waals surface area contributed by atoms with Crippen LogP contribution in [0.1, 0.15) is 13.8 Å². The molecule has 1 aliphatic heterocycles. The fourth-order valence-electron chi connectivity index (χ4n) is 0.941. The average molecular weight is 194 g/mol. The summed E-state index contributed by atoms with van der Waals surface area (Å²) in [7, 11) is 0. The summed E-state index contributed by atoms with van der Waals surface area (Å²) in [6.45, 7) is 3.37. The lowest BCUT2D eigenvalue weighted by molar-refractivity contribution is -0.121. The van der Waals surface area contributed by atoms with E-state index in [0.717, 1.165) is 0 Å². The Morgan fingerprint density at radius 3 is 2.08 bits per heavy atom. The first-order valence-electron chi connectivity index (χ1n) is 3.31. The van der Waals surface area contributed by atoms with Crippen molar-refractivity contribution >= 4 is 24.3 Å². The van der Waals surface area contributed by atoms with Crippen LogP contribution in [0.15, 0.2) is 0 Å². The molecule has 4 N–H and O–H groups in total. The Morgan fingerprint density at radius 1 is 1.42 bits per heavy atom. The first-order valence-corrected chi connectivity index (χ1v) is 3.31. The van der Waals surface area contributed by atoms with Crippen LogP contribution >= 0.6 is 12.4 Å². The van der Waals surface area contributed by atoms with Gasteiger partial charge in [-0.3, -0.25) is 10.1 Å². The van der Waals surface area contributed by atoms with Crippen molar-refractivity contribution in [3.8, 4) is 0 Å². The van der Waals surface area contributed by atoms with E-state index in [1.807, 2.05) is 0 Å². The normalized spacial score (nSPS) is 22.8. The van der Waals surface area contributed by atoms with Gasteiger partial charge >= 0.3 is 6.03 Å². The number of amides is 3. The minimum absolute atomic E-state index is 0. The van der Waals surface area contributed by atoms with Crippen LogP contribution in [0.3, 0.4) is 0 Å². The summed E-state index contributed by atoms with van der Waals surface area (Å²) in [6.07, 6.45) is 0. The standard InChI is InChI=1S/C6H11N3O2.ClH/c1-6(2,7)3-4(10)9-5(11)8-3;/h3H,7H2,1-2H3,(H2,8,9,10,11);1H. The van der Waals surface area contributed by atoms with Gasteiger partial charge in [0.25, 0.3) is 5.91 Å². The molecule has 0 aliphatic carbocycles. The molecule has 0 aromatic heterocycles. The summed E-state index contributed by atoms with van der Waals surface area (Å²) in [6, 6.07) is -1.09. The molecule has 1 unspecified atom stereocenters. The van der Waals surface area contributed by atoms with Crippen molar-refractivity contribution in [2.75, 3.05) is 0 Å². The Labute approximate surface area is 76.5 Å². The van der Waals surface area contributed by atoms with Gasteiger partial charge in [-0.1, -0.05) is 0 Å². The van der Waals surface area contributed by atoms with Gasteiger partial charge in [-0.2, -0.15) is 0 Å². The molecular formula is C6H12ClN3O2. The van der Waals surface area contributed by atoms with E-state index in [1.54, 1.807) is 13.8 Å². The Hall–Kier alpha value is -0.810. The zero-order chi connectivity index (χ0) is 8.65. The highest BCUT2D eigenvalue weighted by Gasteiger charge is 2.38. The first kappa shape index (κ1) is 11.2. The quantitative estimate of drug-likeness (QED) is 0.484. The molecule has 12 heavy (non-hydrogen) atoms. The van der Waals surface area contributed by atoms with Crippen LogP contribution in [-0.4, -0.2) is 23.5 Å². The van der Waals surface area contributed by atoms with Crippen LogP contribution in [0.25, 0.3) is 0 Å². The molecule has 1 aliphatic rings. The van der Waals surface area contributed by atoms with Crippen molar-refractivity contribution in [1.29, 1.82) is 0 Å². The van der Waals surface area contributed by atoms with Crippen molar-refractivity contribution in [2.45, 2.75) is 25.4 Å². The molecular weight excluding hydrogens is 182 g/mol. The van der Waals surface area contributed by atoms with Crippen LogP contribution in [0.4, 0.5) is 4.79 Å². The van der Waals surface area contributed by atoms with Crippen LogP contribution < -0.4 is 16.4 Å². The van der Waals surface area contributed by atoms with E-state index in [-0.39, 0.29) is 18.3 Å². The van der Waals surface area contributed by atoms with Crippen molar-refractivity contribution in [3.63, 3.8) is 0 Å². The number of urea groups is 1. The van der Waals surface area contributed by atoms with E-state index in [4.69, 9.17) is 5.73 Å². The molecule has 1 saturated heterocycles. The highest BCUT2D eigenvalue weighted by molar-refractivity contribution is 6.04. The predicted octanol–water partition coefficient (Wildman–Crippen LogP) is -0.646.